The Morgan fingerprint density at radius 2 is 1.58 bits per heavy atom. The first-order valence-electron chi connectivity index (χ1n) is 10.1. The molecule has 0 aromatic heterocycles. The van der Waals surface area contributed by atoms with E-state index in [1.165, 1.54) is 4.90 Å². The van der Waals surface area contributed by atoms with Gasteiger partial charge < -0.3 is 10.2 Å². The summed E-state index contributed by atoms with van der Waals surface area (Å²) in [6.07, 6.45) is 1.00. The van der Waals surface area contributed by atoms with Crippen molar-refractivity contribution in [2.45, 2.75) is 33.4 Å². The lowest BCUT2D eigenvalue weighted by Crippen LogP contribution is -2.51. The molecule has 11 heteroatoms. The number of nitrogens with zero attached hydrogens (tertiary/aromatic N) is 2. The van der Waals surface area contributed by atoms with Crippen molar-refractivity contribution in [2.75, 3.05) is 23.7 Å². The van der Waals surface area contributed by atoms with Crippen LogP contribution in [0.1, 0.15) is 25.0 Å². The fourth-order valence-electron chi connectivity index (χ4n) is 3.22. The Hall–Kier alpha value is -2.00. The Kier molecular flexibility index (Phi) is 9.43. The third-order valence-electron chi connectivity index (χ3n) is 5.10. The maximum atomic E-state index is 13.5. The number of likely N-dealkylation sites (N-methyl/N-ethyl adjacent to an activating group) is 1. The molecule has 0 aliphatic carbocycles. The summed E-state index contributed by atoms with van der Waals surface area (Å²) in [7, 11) is -3.86. The highest BCUT2D eigenvalue weighted by molar-refractivity contribution is 7.92. The molecule has 0 saturated carbocycles. The Morgan fingerprint density at radius 1 is 1.03 bits per heavy atom. The standard InChI is InChI=1S/C22H26Cl3N3O4S/c1-5-26-22(30)15(3)27(12-16-18(24)9-6-10-19(16)25)21(29)13-28(33(4,31)32)20-11-7-8-17(23)14(20)2/h6-11,15H,5,12-13H2,1-4H3,(H,26,30)/t15-/m0/s1. The Balaban J connectivity index is 2.49. The van der Waals surface area contributed by atoms with Gasteiger partial charge in [-0.2, -0.15) is 0 Å². The molecule has 2 rings (SSSR count). The zero-order valence-electron chi connectivity index (χ0n) is 18.7. The lowest BCUT2D eigenvalue weighted by atomic mass is 10.1. The molecule has 180 valence electrons. The molecule has 2 aromatic carbocycles. The first-order chi connectivity index (χ1) is 15.4. The van der Waals surface area contributed by atoms with E-state index in [1.807, 2.05) is 0 Å². The van der Waals surface area contributed by atoms with Gasteiger partial charge >= 0.3 is 0 Å². The average molecular weight is 535 g/mol. The van der Waals surface area contributed by atoms with Gasteiger partial charge in [-0.3, -0.25) is 13.9 Å². The van der Waals surface area contributed by atoms with Crippen LogP contribution in [0.15, 0.2) is 36.4 Å². The van der Waals surface area contributed by atoms with Crippen LogP contribution in [0.4, 0.5) is 5.69 Å². The van der Waals surface area contributed by atoms with Gasteiger partial charge in [0.2, 0.25) is 21.8 Å². The van der Waals surface area contributed by atoms with Crippen molar-refractivity contribution in [3.8, 4) is 0 Å². The molecule has 0 radical (unpaired) electrons. The van der Waals surface area contributed by atoms with Gasteiger partial charge in [-0.25, -0.2) is 8.42 Å². The lowest BCUT2D eigenvalue weighted by Gasteiger charge is -2.32. The van der Waals surface area contributed by atoms with Crippen LogP contribution in [-0.4, -0.2) is 50.5 Å². The minimum atomic E-state index is -3.86. The van der Waals surface area contributed by atoms with Gasteiger partial charge in [-0.1, -0.05) is 46.9 Å². The first-order valence-corrected chi connectivity index (χ1v) is 13.1. The van der Waals surface area contributed by atoms with Crippen molar-refractivity contribution < 1.29 is 18.0 Å². The molecule has 0 aliphatic rings. The lowest BCUT2D eigenvalue weighted by molar-refractivity contribution is -0.139. The number of hydrogen-bond donors (Lipinski definition) is 1. The smallest absolute Gasteiger partial charge is 0.244 e. The summed E-state index contributed by atoms with van der Waals surface area (Å²) in [6, 6.07) is 8.81. The number of sulfonamides is 1. The highest BCUT2D eigenvalue weighted by atomic mass is 35.5. The van der Waals surface area contributed by atoms with E-state index < -0.39 is 28.5 Å². The largest absolute Gasteiger partial charge is 0.355 e. The molecule has 0 heterocycles. The number of anilines is 1. The van der Waals surface area contributed by atoms with Crippen molar-refractivity contribution in [1.29, 1.82) is 0 Å². The van der Waals surface area contributed by atoms with Gasteiger partial charge in [-0.15, -0.1) is 0 Å². The van der Waals surface area contributed by atoms with Crippen LogP contribution in [0, 0.1) is 6.92 Å². The molecule has 0 aliphatic heterocycles. The Morgan fingerprint density at radius 3 is 2.12 bits per heavy atom. The van der Waals surface area contributed by atoms with E-state index in [0.29, 0.717) is 32.7 Å². The minimum Gasteiger partial charge on any atom is -0.355 e. The maximum Gasteiger partial charge on any atom is 0.244 e. The van der Waals surface area contributed by atoms with Crippen molar-refractivity contribution in [3.05, 3.63) is 62.6 Å². The maximum absolute atomic E-state index is 13.5. The predicted octanol–water partition coefficient (Wildman–Crippen LogP) is 4.27. The van der Waals surface area contributed by atoms with Crippen molar-refractivity contribution >= 4 is 62.3 Å². The van der Waals surface area contributed by atoms with Crippen molar-refractivity contribution in [3.63, 3.8) is 0 Å². The number of benzene rings is 2. The van der Waals surface area contributed by atoms with E-state index in [1.54, 1.807) is 57.2 Å². The summed E-state index contributed by atoms with van der Waals surface area (Å²) in [5.41, 5.74) is 1.24. The van der Waals surface area contributed by atoms with Crippen LogP contribution in [0.2, 0.25) is 15.1 Å². The van der Waals surface area contributed by atoms with Gasteiger partial charge in [0.05, 0.1) is 11.9 Å². The van der Waals surface area contributed by atoms with Gasteiger partial charge in [0.25, 0.3) is 0 Å². The molecule has 33 heavy (non-hydrogen) atoms. The van der Waals surface area contributed by atoms with Gasteiger partial charge in [0.15, 0.2) is 0 Å². The second-order valence-corrected chi connectivity index (χ2v) is 10.6. The summed E-state index contributed by atoms with van der Waals surface area (Å²) < 4.78 is 26.2. The van der Waals surface area contributed by atoms with Crippen LogP contribution < -0.4 is 9.62 Å². The minimum absolute atomic E-state index is 0.0816. The van der Waals surface area contributed by atoms with Crippen LogP contribution in [0.3, 0.4) is 0 Å². The van der Waals surface area contributed by atoms with Crippen LogP contribution in [0.25, 0.3) is 0 Å². The fraction of sp³-hybridized carbons (Fsp3) is 0.364. The molecular formula is C22H26Cl3N3O4S. The zero-order valence-corrected chi connectivity index (χ0v) is 21.8. The van der Waals surface area contributed by atoms with E-state index in [2.05, 4.69) is 5.32 Å². The van der Waals surface area contributed by atoms with Crippen LogP contribution in [0.5, 0.6) is 0 Å². The third-order valence-corrected chi connectivity index (χ3v) is 7.34. The third kappa shape index (κ3) is 6.76. The molecule has 2 aromatic rings. The molecule has 2 amide bonds. The SMILES string of the molecule is CCNC(=O)[C@H](C)N(Cc1c(Cl)cccc1Cl)C(=O)CN(c1cccc(Cl)c1C)S(C)(=O)=O. The van der Waals surface area contributed by atoms with E-state index in [9.17, 15) is 18.0 Å². The molecule has 0 unspecified atom stereocenters. The van der Waals surface area contributed by atoms with Crippen molar-refractivity contribution in [1.82, 2.24) is 10.2 Å². The van der Waals surface area contributed by atoms with Gasteiger partial charge in [-0.05, 0) is 50.6 Å². The highest BCUT2D eigenvalue weighted by Gasteiger charge is 2.31. The summed E-state index contributed by atoms with van der Waals surface area (Å²) in [4.78, 5) is 27.3. The molecule has 0 saturated heterocycles. The first kappa shape index (κ1) is 27.2. The number of hydrogen-bond acceptors (Lipinski definition) is 4. The van der Waals surface area contributed by atoms with E-state index >= 15 is 0 Å². The van der Waals surface area contributed by atoms with Crippen LogP contribution >= 0.6 is 34.8 Å². The molecule has 1 N–H and O–H groups in total. The van der Waals surface area contributed by atoms with E-state index in [-0.39, 0.29) is 18.1 Å². The average Bonchev–Trinajstić information content (AvgIpc) is 2.73. The molecule has 0 bridgehead atoms. The molecule has 0 spiro atoms. The molecular weight excluding hydrogens is 509 g/mol. The fourth-order valence-corrected chi connectivity index (χ4v) is 4.81. The van der Waals surface area contributed by atoms with Gasteiger partial charge in [0.1, 0.15) is 12.6 Å². The normalized spacial score (nSPS) is 12.2. The number of carbonyl (C=O) groups excluding carboxylic acids is 2. The van der Waals surface area contributed by atoms with Crippen molar-refractivity contribution in [2.24, 2.45) is 0 Å². The topological polar surface area (TPSA) is 86.8 Å². The Bertz CT molecular complexity index is 1120. The van der Waals surface area contributed by atoms with Gasteiger partial charge in [0, 0.05) is 33.7 Å². The second kappa shape index (κ2) is 11.4. The zero-order chi connectivity index (χ0) is 24.9. The Labute approximate surface area is 209 Å². The number of rotatable bonds is 9. The molecule has 0 fully saturated rings. The van der Waals surface area contributed by atoms with E-state index in [0.717, 1.165) is 10.6 Å². The monoisotopic (exact) mass is 533 g/mol. The number of halogens is 3. The number of nitrogens with one attached hydrogen (secondary N) is 1. The summed E-state index contributed by atoms with van der Waals surface area (Å²) in [6.45, 7) is 4.74. The molecule has 1 atom stereocenters. The predicted molar refractivity (Wildman–Crippen MR) is 134 cm³/mol. The second-order valence-electron chi connectivity index (χ2n) is 7.45. The molecule has 7 nitrogen and oxygen atoms in total. The summed E-state index contributed by atoms with van der Waals surface area (Å²) >= 11 is 18.8. The number of carbonyl (C=O) groups is 2. The summed E-state index contributed by atoms with van der Waals surface area (Å²) in [5, 5.41) is 3.70. The highest BCUT2D eigenvalue weighted by Crippen LogP contribution is 2.29. The summed E-state index contributed by atoms with van der Waals surface area (Å²) in [5.74, 6) is -0.992. The quantitative estimate of drug-likeness (QED) is 0.520. The van der Waals surface area contributed by atoms with Crippen LogP contribution in [-0.2, 0) is 26.2 Å². The number of amides is 2. The van der Waals surface area contributed by atoms with E-state index in [4.69, 9.17) is 34.8 Å².